The van der Waals surface area contributed by atoms with E-state index in [1.165, 1.54) is 0 Å². The van der Waals surface area contributed by atoms with Crippen molar-refractivity contribution in [2.24, 2.45) is 0 Å². The molecule has 70 valence electrons. The van der Waals surface area contributed by atoms with Gasteiger partial charge in [-0.2, -0.15) is 0 Å². The molecule has 3 N–H and O–H groups in total. The first kappa shape index (κ1) is 10.5. The number of hydrogen-bond donors (Lipinski definition) is 2. The highest BCUT2D eigenvalue weighted by Crippen LogP contribution is 2.32. The third-order valence-electron chi connectivity index (χ3n) is 1.43. The molecule has 6 heteroatoms. The second-order valence-electron chi connectivity index (χ2n) is 2.25. The molecule has 1 aromatic carbocycles. The third-order valence-corrected chi connectivity index (χ3v) is 2.78. The van der Waals surface area contributed by atoms with Crippen LogP contribution in [-0.2, 0) is 0 Å². The molecule has 0 saturated heterocycles. The van der Waals surface area contributed by atoms with Crippen LogP contribution in [0.25, 0.3) is 0 Å². The van der Waals surface area contributed by atoms with Crippen LogP contribution in [0.15, 0.2) is 15.0 Å². The van der Waals surface area contributed by atoms with E-state index in [0.717, 1.165) is 6.07 Å². The van der Waals surface area contributed by atoms with E-state index in [9.17, 15) is 9.18 Å². The smallest absolute Gasteiger partial charge is 0.337 e. The highest BCUT2D eigenvalue weighted by atomic mass is 79.9. The van der Waals surface area contributed by atoms with E-state index >= 15 is 0 Å². The molecule has 0 atom stereocenters. The standard InChI is InChI=1S/C7H4Br2FNO2/c8-3-1-2(7(12)13)6(11)4(9)5(3)10/h1H,11H2,(H,12,13). The predicted molar refractivity (Wildman–Crippen MR) is 53.2 cm³/mol. The molecule has 1 rings (SSSR count). The Labute approximate surface area is 90.0 Å². The molecule has 0 spiro atoms. The van der Waals surface area contributed by atoms with Gasteiger partial charge in [0.25, 0.3) is 0 Å². The molecule has 0 aliphatic heterocycles. The first-order valence-electron chi connectivity index (χ1n) is 3.11. The molecule has 0 bridgehead atoms. The van der Waals surface area contributed by atoms with Crippen molar-refractivity contribution in [3.8, 4) is 0 Å². The zero-order valence-electron chi connectivity index (χ0n) is 6.14. The van der Waals surface area contributed by atoms with Crippen LogP contribution in [0.5, 0.6) is 0 Å². The lowest BCUT2D eigenvalue weighted by Gasteiger charge is -2.05. The summed E-state index contributed by atoms with van der Waals surface area (Å²) in [7, 11) is 0. The third kappa shape index (κ3) is 1.83. The Hall–Kier alpha value is -0.620. The van der Waals surface area contributed by atoms with Crippen LogP contribution in [0.4, 0.5) is 10.1 Å². The molecule has 0 radical (unpaired) electrons. The van der Waals surface area contributed by atoms with E-state index in [2.05, 4.69) is 31.9 Å². The van der Waals surface area contributed by atoms with E-state index < -0.39 is 11.8 Å². The van der Waals surface area contributed by atoms with Gasteiger partial charge in [-0.3, -0.25) is 0 Å². The average molecular weight is 313 g/mol. The number of carboxylic acid groups (broad SMARTS) is 1. The van der Waals surface area contributed by atoms with E-state index in [1.807, 2.05) is 0 Å². The molecule has 3 nitrogen and oxygen atoms in total. The summed E-state index contributed by atoms with van der Waals surface area (Å²) in [6.45, 7) is 0. The second kappa shape index (κ2) is 3.63. The molecule has 0 amide bonds. The Bertz CT molecular complexity index is 381. The molecule has 0 saturated carbocycles. The number of nitrogens with two attached hydrogens (primary N) is 1. The van der Waals surface area contributed by atoms with Crippen molar-refractivity contribution < 1.29 is 14.3 Å². The first-order valence-corrected chi connectivity index (χ1v) is 4.70. The summed E-state index contributed by atoms with van der Waals surface area (Å²) in [5.41, 5.74) is 5.11. The van der Waals surface area contributed by atoms with Crippen molar-refractivity contribution in [1.29, 1.82) is 0 Å². The maximum Gasteiger partial charge on any atom is 0.337 e. The Morgan fingerprint density at radius 2 is 2.08 bits per heavy atom. The number of aromatic carboxylic acids is 1. The summed E-state index contributed by atoms with van der Waals surface area (Å²) < 4.78 is 13.1. The largest absolute Gasteiger partial charge is 0.478 e. The van der Waals surface area contributed by atoms with E-state index in [0.29, 0.717) is 0 Å². The summed E-state index contributed by atoms with van der Waals surface area (Å²) in [4.78, 5) is 10.6. The second-order valence-corrected chi connectivity index (χ2v) is 3.90. The van der Waals surface area contributed by atoms with E-state index in [-0.39, 0.29) is 20.2 Å². The summed E-state index contributed by atoms with van der Waals surface area (Å²) in [5, 5.41) is 8.66. The summed E-state index contributed by atoms with van der Waals surface area (Å²) in [5.74, 6) is -1.80. The highest BCUT2D eigenvalue weighted by Gasteiger charge is 2.16. The topological polar surface area (TPSA) is 63.3 Å². The SMILES string of the molecule is Nc1c(C(=O)O)cc(Br)c(F)c1Br. The molecule has 0 aliphatic carbocycles. The number of benzene rings is 1. The Morgan fingerprint density at radius 3 is 2.54 bits per heavy atom. The Morgan fingerprint density at radius 1 is 1.54 bits per heavy atom. The zero-order chi connectivity index (χ0) is 10.2. The first-order chi connectivity index (χ1) is 5.95. The van der Waals surface area contributed by atoms with Gasteiger partial charge in [0.1, 0.15) is 0 Å². The van der Waals surface area contributed by atoms with Gasteiger partial charge in [-0.15, -0.1) is 0 Å². The monoisotopic (exact) mass is 311 g/mol. The molecule has 0 unspecified atom stereocenters. The highest BCUT2D eigenvalue weighted by molar-refractivity contribution is 9.11. The molecule has 13 heavy (non-hydrogen) atoms. The molecule has 0 aromatic heterocycles. The fourth-order valence-corrected chi connectivity index (χ4v) is 1.91. The van der Waals surface area contributed by atoms with Crippen LogP contribution < -0.4 is 5.73 Å². The molecule has 1 aromatic rings. The number of halogens is 3. The van der Waals surface area contributed by atoms with Gasteiger partial charge in [0.05, 0.1) is 20.2 Å². The molecular formula is C7H4Br2FNO2. The summed E-state index contributed by atoms with van der Waals surface area (Å²) in [6.07, 6.45) is 0. The van der Waals surface area contributed by atoms with Crippen LogP contribution in [0.3, 0.4) is 0 Å². The van der Waals surface area contributed by atoms with E-state index in [4.69, 9.17) is 10.8 Å². The average Bonchev–Trinajstić information content (AvgIpc) is 2.07. The van der Waals surface area contributed by atoms with E-state index in [1.54, 1.807) is 0 Å². The lowest BCUT2D eigenvalue weighted by atomic mass is 10.2. The maximum atomic E-state index is 13.1. The zero-order valence-corrected chi connectivity index (χ0v) is 9.32. The lowest BCUT2D eigenvalue weighted by molar-refractivity contribution is 0.0698. The summed E-state index contributed by atoms with van der Waals surface area (Å²) in [6, 6.07) is 1.12. The van der Waals surface area contributed by atoms with Crippen LogP contribution >= 0.6 is 31.9 Å². The fourth-order valence-electron chi connectivity index (χ4n) is 0.786. The number of carbonyl (C=O) groups is 1. The molecule has 0 heterocycles. The van der Waals surface area contributed by atoms with Gasteiger partial charge in [-0.05, 0) is 37.9 Å². The molecular weight excluding hydrogens is 309 g/mol. The minimum Gasteiger partial charge on any atom is -0.478 e. The van der Waals surface area contributed by atoms with Crippen LogP contribution in [0, 0.1) is 5.82 Å². The van der Waals surface area contributed by atoms with Gasteiger partial charge in [0, 0.05) is 0 Å². The maximum absolute atomic E-state index is 13.1. The van der Waals surface area contributed by atoms with Crippen molar-refractivity contribution >= 4 is 43.5 Å². The lowest BCUT2D eigenvalue weighted by Crippen LogP contribution is -2.04. The van der Waals surface area contributed by atoms with Crippen LogP contribution in [0.2, 0.25) is 0 Å². The minimum atomic E-state index is -1.20. The predicted octanol–water partition coefficient (Wildman–Crippen LogP) is 2.63. The van der Waals surface area contributed by atoms with Crippen molar-refractivity contribution in [2.75, 3.05) is 5.73 Å². The number of anilines is 1. The van der Waals surface area contributed by atoms with Gasteiger partial charge in [-0.25, -0.2) is 9.18 Å². The van der Waals surface area contributed by atoms with Gasteiger partial charge in [0.15, 0.2) is 5.82 Å². The van der Waals surface area contributed by atoms with Gasteiger partial charge >= 0.3 is 5.97 Å². The van der Waals surface area contributed by atoms with Crippen molar-refractivity contribution in [3.63, 3.8) is 0 Å². The normalized spacial score (nSPS) is 10.1. The van der Waals surface area contributed by atoms with Gasteiger partial charge in [0.2, 0.25) is 0 Å². The van der Waals surface area contributed by atoms with Gasteiger partial charge < -0.3 is 10.8 Å². The number of rotatable bonds is 1. The number of carboxylic acids is 1. The number of nitrogen functional groups attached to an aromatic ring is 1. The quantitative estimate of drug-likeness (QED) is 0.619. The van der Waals surface area contributed by atoms with Crippen molar-refractivity contribution in [1.82, 2.24) is 0 Å². The Balaban J connectivity index is 3.50. The number of hydrogen-bond acceptors (Lipinski definition) is 2. The fraction of sp³-hybridized carbons (Fsp3) is 0. The summed E-state index contributed by atoms with van der Waals surface area (Å²) >= 11 is 5.73. The van der Waals surface area contributed by atoms with Crippen molar-refractivity contribution in [2.45, 2.75) is 0 Å². The van der Waals surface area contributed by atoms with Crippen LogP contribution in [0.1, 0.15) is 10.4 Å². The molecule has 0 fully saturated rings. The van der Waals surface area contributed by atoms with Crippen molar-refractivity contribution in [3.05, 3.63) is 26.4 Å². The van der Waals surface area contributed by atoms with Gasteiger partial charge in [-0.1, -0.05) is 0 Å². The van der Waals surface area contributed by atoms with Crippen LogP contribution in [-0.4, -0.2) is 11.1 Å². The molecule has 0 aliphatic rings. The minimum absolute atomic E-state index is 0.0423. The Kier molecular flexibility index (Phi) is 2.92.